The highest BCUT2D eigenvalue weighted by molar-refractivity contribution is 8.00. The smallest absolute Gasteiger partial charge is 0.408 e. The van der Waals surface area contributed by atoms with Gasteiger partial charge in [0, 0.05) is 22.5 Å². The Hall–Kier alpha value is -1.95. The van der Waals surface area contributed by atoms with Crippen LogP contribution < -0.4 is 5.32 Å². The van der Waals surface area contributed by atoms with Gasteiger partial charge in [-0.05, 0) is 65.2 Å². The van der Waals surface area contributed by atoms with Gasteiger partial charge >= 0.3 is 12.1 Å². The van der Waals surface area contributed by atoms with Gasteiger partial charge in [0.1, 0.15) is 17.2 Å². The van der Waals surface area contributed by atoms with Crippen molar-refractivity contribution in [2.24, 2.45) is 28.6 Å². The number of Topliss-reactive ketones (excluding diaryl/α,β-unsaturated/α-hetero) is 1. The molecule has 4 aliphatic carbocycles. The number of alkyl carbamates (subject to hydrolysis) is 1. The van der Waals surface area contributed by atoms with Gasteiger partial charge in [-0.15, -0.1) is 0 Å². The van der Waals surface area contributed by atoms with Crippen molar-refractivity contribution in [1.82, 2.24) is 5.32 Å². The maximum Gasteiger partial charge on any atom is 0.408 e. The highest BCUT2D eigenvalue weighted by Crippen LogP contribution is 2.70. The molecular weight excluding hydrogens is 553 g/mol. The van der Waals surface area contributed by atoms with Crippen LogP contribution >= 0.6 is 11.8 Å². The van der Waals surface area contributed by atoms with Crippen molar-refractivity contribution in [2.75, 3.05) is 11.5 Å². The van der Waals surface area contributed by atoms with Crippen molar-refractivity contribution in [2.45, 2.75) is 102 Å². The van der Waals surface area contributed by atoms with E-state index >= 15 is 4.39 Å². The van der Waals surface area contributed by atoms with Crippen LogP contribution in [0.1, 0.15) is 67.2 Å². The number of fused-ring (bicyclic) bond motifs is 5. The molecular formula is C30H44FNO8S. The van der Waals surface area contributed by atoms with Gasteiger partial charge in [-0.25, -0.2) is 14.0 Å². The second-order valence-corrected chi connectivity index (χ2v) is 14.8. The Labute approximate surface area is 245 Å². The number of hydrogen-bond acceptors (Lipinski definition) is 8. The van der Waals surface area contributed by atoms with Crippen LogP contribution in [0.3, 0.4) is 0 Å². The summed E-state index contributed by atoms with van der Waals surface area (Å²) in [5, 5.41) is 45.5. The number of aliphatic hydroxyl groups is 3. The second kappa shape index (κ2) is 10.6. The van der Waals surface area contributed by atoms with E-state index in [1.807, 2.05) is 0 Å². The number of carboxylic acids is 1. The first kappa shape index (κ1) is 32.0. The van der Waals surface area contributed by atoms with Gasteiger partial charge in [-0.3, -0.25) is 4.79 Å². The molecule has 3 saturated carbocycles. The summed E-state index contributed by atoms with van der Waals surface area (Å²) in [6.07, 6.45) is 3.02. The van der Waals surface area contributed by atoms with E-state index in [1.165, 1.54) is 0 Å². The summed E-state index contributed by atoms with van der Waals surface area (Å²) in [5.74, 6) is -3.61. The van der Waals surface area contributed by atoms with E-state index in [-0.39, 0.29) is 23.8 Å². The van der Waals surface area contributed by atoms with Gasteiger partial charge in [0.25, 0.3) is 0 Å². The monoisotopic (exact) mass is 597 g/mol. The number of alkyl halides is 1. The van der Waals surface area contributed by atoms with E-state index in [0.29, 0.717) is 19.3 Å². The number of ketones is 1. The van der Waals surface area contributed by atoms with E-state index in [2.05, 4.69) is 5.32 Å². The van der Waals surface area contributed by atoms with E-state index in [4.69, 9.17) is 4.74 Å². The third-order valence-electron chi connectivity index (χ3n) is 10.3. The zero-order valence-electron chi connectivity index (χ0n) is 24.6. The van der Waals surface area contributed by atoms with Crippen molar-refractivity contribution in [1.29, 1.82) is 0 Å². The molecule has 4 rings (SSSR count). The summed E-state index contributed by atoms with van der Waals surface area (Å²) < 4.78 is 22.5. The van der Waals surface area contributed by atoms with E-state index < -0.39 is 75.6 Å². The van der Waals surface area contributed by atoms with Crippen molar-refractivity contribution in [3.63, 3.8) is 0 Å². The maximum absolute atomic E-state index is 17.3. The average Bonchev–Trinajstić information content (AvgIpc) is 3.05. The van der Waals surface area contributed by atoms with Crippen LogP contribution in [0.5, 0.6) is 0 Å². The first-order chi connectivity index (χ1) is 18.8. The Morgan fingerprint density at radius 3 is 2.49 bits per heavy atom. The lowest BCUT2D eigenvalue weighted by molar-refractivity contribution is -0.218. The maximum atomic E-state index is 17.3. The van der Waals surface area contributed by atoms with Crippen LogP contribution in [-0.4, -0.2) is 84.9 Å². The molecule has 41 heavy (non-hydrogen) atoms. The molecule has 11 heteroatoms. The molecule has 2 unspecified atom stereocenters. The number of carboxylic acid groups (broad SMARTS) is 1. The molecule has 0 aromatic carbocycles. The van der Waals surface area contributed by atoms with Gasteiger partial charge in [-0.2, -0.15) is 11.8 Å². The number of amides is 1. The third-order valence-corrected chi connectivity index (χ3v) is 11.3. The first-order valence-corrected chi connectivity index (χ1v) is 15.5. The predicted octanol–water partition coefficient (Wildman–Crippen LogP) is 3.41. The molecule has 3 fully saturated rings. The zero-order valence-corrected chi connectivity index (χ0v) is 25.5. The molecule has 0 radical (unpaired) electrons. The molecule has 0 aromatic rings. The molecule has 5 N–H and O–H groups in total. The van der Waals surface area contributed by atoms with Crippen LogP contribution in [0.4, 0.5) is 9.18 Å². The van der Waals surface area contributed by atoms with Crippen LogP contribution in [0.2, 0.25) is 0 Å². The SMILES string of the molecule is C[C@@H]1C[C@H]2[C@@H]3CCC4=CC(O)C=C[C@]4(C)[C@@]3(F)[C@@H](O)C[C@]2(C)[C@@]1(O)C(=O)CSCC(NC(=O)OC(C)(C)C)C(=O)O. The molecule has 0 aromatic heterocycles. The number of hydrogen-bond donors (Lipinski definition) is 5. The summed E-state index contributed by atoms with van der Waals surface area (Å²) in [5.41, 5.74) is -6.13. The van der Waals surface area contributed by atoms with Crippen LogP contribution in [0, 0.1) is 28.6 Å². The Bertz CT molecular complexity index is 1150. The minimum atomic E-state index is -2.03. The number of rotatable bonds is 7. The number of carbonyl (C=O) groups excluding carboxylic acids is 2. The van der Waals surface area contributed by atoms with Crippen molar-refractivity contribution in [3.8, 4) is 0 Å². The number of carbonyl (C=O) groups is 3. The van der Waals surface area contributed by atoms with Crippen LogP contribution in [0.25, 0.3) is 0 Å². The number of halogens is 1. The molecule has 0 heterocycles. The molecule has 9 nitrogen and oxygen atoms in total. The largest absolute Gasteiger partial charge is 0.480 e. The van der Waals surface area contributed by atoms with Gasteiger partial charge in [-0.1, -0.05) is 37.6 Å². The summed E-state index contributed by atoms with van der Waals surface area (Å²) in [6.45, 7) is 10.3. The summed E-state index contributed by atoms with van der Waals surface area (Å²) in [7, 11) is 0. The lowest BCUT2D eigenvalue weighted by Crippen LogP contribution is -2.69. The number of ether oxygens (including phenoxy) is 1. The highest BCUT2D eigenvalue weighted by atomic mass is 32.2. The summed E-state index contributed by atoms with van der Waals surface area (Å²) >= 11 is 0.983. The highest BCUT2D eigenvalue weighted by Gasteiger charge is 2.75. The van der Waals surface area contributed by atoms with E-state index in [0.717, 1.165) is 17.3 Å². The van der Waals surface area contributed by atoms with Gasteiger partial charge in [0.15, 0.2) is 11.5 Å². The van der Waals surface area contributed by atoms with Crippen molar-refractivity contribution < 1.29 is 43.9 Å². The molecule has 0 spiro atoms. The lowest BCUT2D eigenvalue weighted by atomic mass is 9.44. The number of allylic oxidation sites excluding steroid dienone is 2. The minimum Gasteiger partial charge on any atom is -0.480 e. The fourth-order valence-corrected chi connectivity index (χ4v) is 9.25. The number of thioether (sulfide) groups is 1. The lowest BCUT2D eigenvalue weighted by Gasteiger charge is -2.62. The Morgan fingerprint density at radius 2 is 1.88 bits per heavy atom. The fraction of sp³-hybridized carbons (Fsp3) is 0.767. The number of aliphatic carboxylic acids is 1. The Kier molecular flexibility index (Phi) is 8.30. The summed E-state index contributed by atoms with van der Waals surface area (Å²) in [4.78, 5) is 37.5. The van der Waals surface area contributed by atoms with Crippen molar-refractivity contribution >= 4 is 29.6 Å². The Balaban J connectivity index is 1.51. The van der Waals surface area contributed by atoms with Crippen molar-refractivity contribution in [3.05, 3.63) is 23.8 Å². The second-order valence-electron chi connectivity index (χ2n) is 13.8. The molecule has 0 bridgehead atoms. The van der Waals surface area contributed by atoms with Crippen LogP contribution in [-0.2, 0) is 14.3 Å². The molecule has 0 saturated heterocycles. The van der Waals surface area contributed by atoms with Crippen LogP contribution in [0.15, 0.2) is 23.8 Å². The zero-order chi connectivity index (χ0) is 30.8. The third kappa shape index (κ3) is 5.04. The number of aliphatic hydroxyl groups excluding tert-OH is 2. The molecule has 230 valence electrons. The summed E-state index contributed by atoms with van der Waals surface area (Å²) in [6, 6.07) is -1.31. The Morgan fingerprint density at radius 1 is 1.22 bits per heavy atom. The van der Waals surface area contributed by atoms with Gasteiger partial charge in [0.2, 0.25) is 0 Å². The van der Waals surface area contributed by atoms with E-state index in [1.54, 1.807) is 59.8 Å². The van der Waals surface area contributed by atoms with E-state index in [9.17, 15) is 34.8 Å². The standard InChI is InChI=1S/C30H44FNO8S/c1-16-11-20-19-8-7-17-12-18(33)9-10-27(17,5)29(19,31)22(34)13-28(20,6)30(16,39)23(35)15-41-14-21(24(36)37)32-25(38)40-26(2,3)4/h9-10,12,16,18-22,33-34,39H,7-8,11,13-15H2,1-6H3,(H,32,38)(H,36,37)/t16-,18?,19+,20+,21?,22+,27+,28+,29+,30+/m1/s1. The first-order valence-electron chi connectivity index (χ1n) is 14.3. The topological polar surface area (TPSA) is 153 Å². The average molecular weight is 598 g/mol. The van der Waals surface area contributed by atoms with Gasteiger partial charge in [0.05, 0.1) is 18.0 Å². The van der Waals surface area contributed by atoms with Gasteiger partial charge < -0.3 is 30.5 Å². The quantitative estimate of drug-likeness (QED) is 0.278. The number of nitrogens with one attached hydrogen (secondary N) is 1. The predicted molar refractivity (Wildman–Crippen MR) is 152 cm³/mol. The molecule has 10 atom stereocenters. The molecule has 1 amide bonds. The fourth-order valence-electron chi connectivity index (χ4n) is 8.26. The molecule has 0 aliphatic heterocycles. The minimum absolute atomic E-state index is 0.112. The normalized spacial score (nSPS) is 42.3. The molecule has 4 aliphatic rings.